The predicted molar refractivity (Wildman–Crippen MR) is 87.7 cm³/mol. The lowest BCUT2D eigenvalue weighted by Crippen LogP contribution is -2.27. The number of amides is 1. The van der Waals surface area contributed by atoms with Crippen LogP contribution >= 0.6 is 0 Å². The van der Waals surface area contributed by atoms with Crippen LogP contribution in [0.3, 0.4) is 0 Å². The first-order valence-electron chi connectivity index (χ1n) is 7.47. The van der Waals surface area contributed by atoms with Gasteiger partial charge in [0.2, 0.25) is 5.91 Å². The molecule has 4 heteroatoms. The van der Waals surface area contributed by atoms with E-state index in [1.54, 1.807) is 6.20 Å². The van der Waals surface area contributed by atoms with E-state index in [1.807, 2.05) is 43.3 Å². The Bertz CT molecular complexity index is 777. The van der Waals surface area contributed by atoms with E-state index in [0.29, 0.717) is 13.0 Å². The Kier molecular flexibility index (Phi) is 4.19. The molecule has 3 aromatic rings. The van der Waals surface area contributed by atoms with Gasteiger partial charge in [0.05, 0.1) is 6.42 Å². The zero-order chi connectivity index (χ0) is 15.4. The van der Waals surface area contributed by atoms with Crippen LogP contribution in [-0.4, -0.2) is 22.4 Å². The van der Waals surface area contributed by atoms with Crippen molar-refractivity contribution in [1.29, 1.82) is 0 Å². The van der Waals surface area contributed by atoms with Gasteiger partial charge in [-0.05, 0) is 30.7 Å². The number of para-hydroxylation sites is 1. The fraction of sp³-hybridized carbons (Fsp3) is 0.222. The minimum absolute atomic E-state index is 0.0452. The maximum Gasteiger partial charge on any atom is 0.224 e. The van der Waals surface area contributed by atoms with Crippen molar-refractivity contribution in [2.45, 2.75) is 19.8 Å². The molecular formula is C18H19N3O. The Labute approximate surface area is 129 Å². The van der Waals surface area contributed by atoms with E-state index in [4.69, 9.17) is 0 Å². The molecule has 0 radical (unpaired) electrons. The van der Waals surface area contributed by atoms with Gasteiger partial charge in [-0.2, -0.15) is 0 Å². The SMILES string of the molecule is Cc1[nH]c2ccccc2c1CC(=O)NCCc1ccccn1. The topological polar surface area (TPSA) is 57.8 Å². The summed E-state index contributed by atoms with van der Waals surface area (Å²) in [5.74, 6) is 0.0452. The molecule has 22 heavy (non-hydrogen) atoms. The quantitative estimate of drug-likeness (QED) is 0.760. The molecule has 4 nitrogen and oxygen atoms in total. The van der Waals surface area contributed by atoms with Gasteiger partial charge in [0.15, 0.2) is 0 Å². The van der Waals surface area contributed by atoms with Crippen LogP contribution in [0.25, 0.3) is 10.9 Å². The highest BCUT2D eigenvalue weighted by molar-refractivity contribution is 5.90. The minimum Gasteiger partial charge on any atom is -0.358 e. The number of hydrogen-bond acceptors (Lipinski definition) is 2. The van der Waals surface area contributed by atoms with Crippen molar-refractivity contribution in [2.75, 3.05) is 6.54 Å². The number of carbonyl (C=O) groups excluding carboxylic acids is 1. The average molecular weight is 293 g/mol. The van der Waals surface area contributed by atoms with Gasteiger partial charge in [-0.15, -0.1) is 0 Å². The Morgan fingerprint density at radius 3 is 2.82 bits per heavy atom. The lowest BCUT2D eigenvalue weighted by Gasteiger charge is -2.05. The molecule has 112 valence electrons. The second-order valence-corrected chi connectivity index (χ2v) is 5.37. The van der Waals surface area contributed by atoms with Crippen molar-refractivity contribution >= 4 is 16.8 Å². The number of nitrogens with zero attached hydrogens (tertiary/aromatic N) is 1. The van der Waals surface area contributed by atoms with E-state index in [9.17, 15) is 4.79 Å². The molecule has 0 unspecified atom stereocenters. The highest BCUT2D eigenvalue weighted by Crippen LogP contribution is 2.22. The van der Waals surface area contributed by atoms with Crippen molar-refractivity contribution in [3.05, 3.63) is 65.6 Å². The molecular weight excluding hydrogens is 274 g/mol. The van der Waals surface area contributed by atoms with Crippen LogP contribution in [0.2, 0.25) is 0 Å². The third-order valence-electron chi connectivity index (χ3n) is 3.79. The lowest BCUT2D eigenvalue weighted by atomic mass is 10.1. The predicted octanol–water partition coefficient (Wildman–Crippen LogP) is 2.77. The van der Waals surface area contributed by atoms with E-state index in [-0.39, 0.29) is 5.91 Å². The van der Waals surface area contributed by atoms with Gasteiger partial charge < -0.3 is 10.3 Å². The number of aromatic amines is 1. The van der Waals surface area contributed by atoms with Gasteiger partial charge in [0.1, 0.15) is 0 Å². The largest absolute Gasteiger partial charge is 0.358 e. The summed E-state index contributed by atoms with van der Waals surface area (Å²) in [6.45, 7) is 2.62. The Morgan fingerprint density at radius 2 is 2.00 bits per heavy atom. The summed E-state index contributed by atoms with van der Waals surface area (Å²) < 4.78 is 0. The zero-order valence-corrected chi connectivity index (χ0v) is 12.6. The van der Waals surface area contributed by atoms with Crippen LogP contribution in [0.4, 0.5) is 0 Å². The summed E-state index contributed by atoms with van der Waals surface area (Å²) in [7, 11) is 0. The van der Waals surface area contributed by atoms with Gasteiger partial charge in [-0.25, -0.2) is 0 Å². The molecule has 1 amide bonds. The highest BCUT2D eigenvalue weighted by Gasteiger charge is 2.11. The summed E-state index contributed by atoms with van der Waals surface area (Å²) in [6, 6.07) is 13.9. The molecule has 0 aliphatic rings. The molecule has 2 aromatic heterocycles. The molecule has 0 saturated heterocycles. The molecule has 1 aromatic carbocycles. The number of aromatic nitrogens is 2. The third-order valence-corrected chi connectivity index (χ3v) is 3.79. The van der Waals surface area contributed by atoms with Crippen LogP contribution in [-0.2, 0) is 17.6 Å². The van der Waals surface area contributed by atoms with E-state index in [2.05, 4.69) is 21.4 Å². The van der Waals surface area contributed by atoms with Crippen molar-refractivity contribution < 1.29 is 4.79 Å². The summed E-state index contributed by atoms with van der Waals surface area (Å²) in [5, 5.41) is 4.09. The number of rotatable bonds is 5. The molecule has 2 N–H and O–H groups in total. The number of carbonyl (C=O) groups is 1. The highest BCUT2D eigenvalue weighted by atomic mass is 16.1. The molecule has 0 spiro atoms. The minimum atomic E-state index is 0.0452. The van der Waals surface area contributed by atoms with Crippen LogP contribution in [0.15, 0.2) is 48.7 Å². The number of hydrogen-bond donors (Lipinski definition) is 2. The number of aryl methyl sites for hydroxylation is 1. The van der Waals surface area contributed by atoms with Crippen LogP contribution in [0.1, 0.15) is 17.0 Å². The van der Waals surface area contributed by atoms with Gasteiger partial charge in [0, 0.05) is 41.5 Å². The zero-order valence-electron chi connectivity index (χ0n) is 12.6. The summed E-state index contributed by atoms with van der Waals surface area (Å²) in [6.07, 6.45) is 2.92. The van der Waals surface area contributed by atoms with Gasteiger partial charge >= 0.3 is 0 Å². The number of nitrogens with one attached hydrogen (secondary N) is 2. The monoisotopic (exact) mass is 293 g/mol. The van der Waals surface area contributed by atoms with E-state index >= 15 is 0 Å². The smallest absolute Gasteiger partial charge is 0.224 e. The normalized spacial score (nSPS) is 10.8. The molecule has 0 aliphatic heterocycles. The number of H-pyrrole nitrogens is 1. The van der Waals surface area contributed by atoms with Gasteiger partial charge in [-0.1, -0.05) is 24.3 Å². The molecule has 3 rings (SSSR count). The molecule has 0 atom stereocenters. The average Bonchev–Trinajstić information content (AvgIpc) is 2.84. The van der Waals surface area contributed by atoms with E-state index in [1.165, 1.54) is 0 Å². The summed E-state index contributed by atoms with van der Waals surface area (Å²) in [4.78, 5) is 19.7. The summed E-state index contributed by atoms with van der Waals surface area (Å²) in [5.41, 5.74) is 4.20. The number of pyridine rings is 1. The molecule has 0 aliphatic carbocycles. The first-order chi connectivity index (χ1) is 10.7. The van der Waals surface area contributed by atoms with Crippen molar-refractivity contribution in [1.82, 2.24) is 15.3 Å². The second kappa shape index (κ2) is 6.43. The first-order valence-corrected chi connectivity index (χ1v) is 7.47. The van der Waals surface area contributed by atoms with Crippen LogP contribution < -0.4 is 5.32 Å². The van der Waals surface area contributed by atoms with Crippen molar-refractivity contribution in [3.63, 3.8) is 0 Å². The number of benzene rings is 1. The summed E-state index contributed by atoms with van der Waals surface area (Å²) >= 11 is 0. The van der Waals surface area contributed by atoms with Crippen LogP contribution in [0.5, 0.6) is 0 Å². The second-order valence-electron chi connectivity index (χ2n) is 5.37. The molecule has 0 saturated carbocycles. The number of fused-ring (bicyclic) bond motifs is 1. The molecule has 0 fully saturated rings. The third kappa shape index (κ3) is 3.17. The maximum atomic E-state index is 12.2. The first kappa shape index (κ1) is 14.3. The molecule has 0 bridgehead atoms. The van der Waals surface area contributed by atoms with Crippen molar-refractivity contribution in [2.24, 2.45) is 0 Å². The van der Waals surface area contributed by atoms with Gasteiger partial charge in [0.25, 0.3) is 0 Å². The van der Waals surface area contributed by atoms with Crippen LogP contribution in [0, 0.1) is 6.92 Å². The lowest BCUT2D eigenvalue weighted by molar-refractivity contribution is -0.120. The fourth-order valence-electron chi connectivity index (χ4n) is 2.66. The Morgan fingerprint density at radius 1 is 1.18 bits per heavy atom. The Balaban J connectivity index is 1.60. The standard InChI is InChI=1S/C18H19N3O/c1-13-16(15-7-2-3-8-17(15)21-13)12-18(22)20-11-9-14-6-4-5-10-19-14/h2-8,10,21H,9,11-12H2,1H3,(H,20,22). The fourth-order valence-corrected chi connectivity index (χ4v) is 2.66. The maximum absolute atomic E-state index is 12.2. The molecule has 2 heterocycles. The van der Waals surface area contributed by atoms with Gasteiger partial charge in [-0.3, -0.25) is 9.78 Å². The van der Waals surface area contributed by atoms with E-state index < -0.39 is 0 Å². The Hall–Kier alpha value is -2.62. The van der Waals surface area contributed by atoms with E-state index in [0.717, 1.165) is 34.3 Å². The van der Waals surface area contributed by atoms with Crippen molar-refractivity contribution in [3.8, 4) is 0 Å².